The molecule has 0 spiro atoms. The molecule has 0 heterocycles. The van der Waals surface area contributed by atoms with Crippen molar-refractivity contribution in [3.63, 3.8) is 0 Å². The van der Waals surface area contributed by atoms with Crippen molar-refractivity contribution in [2.75, 3.05) is 7.11 Å². The van der Waals surface area contributed by atoms with Gasteiger partial charge in [0.25, 0.3) is 0 Å². The summed E-state index contributed by atoms with van der Waals surface area (Å²) >= 11 is 0. The monoisotopic (exact) mass is 177 g/mol. The van der Waals surface area contributed by atoms with Gasteiger partial charge in [0.2, 0.25) is 0 Å². The fraction of sp³-hybridized carbons (Fsp3) is 0.417. The average Bonchev–Trinajstić information content (AvgIpc) is 2.16. The first-order chi connectivity index (χ1) is 6.19. The molecule has 0 N–H and O–H groups in total. The Balaban J connectivity index is 3.05. The number of benzene rings is 1. The molecule has 1 atom stereocenters. The Morgan fingerprint density at radius 2 is 2.15 bits per heavy atom. The van der Waals surface area contributed by atoms with E-state index >= 15 is 0 Å². The van der Waals surface area contributed by atoms with Crippen molar-refractivity contribution in [2.45, 2.75) is 26.2 Å². The Morgan fingerprint density at radius 1 is 1.46 bits per heavy atom. The topological polar surface area (TPSA) is 9.23 Å². The number of hydrogen-bond donors (Lipinski definition) is 0. The summed E-state index contributed by atoms with van der Waals surface area (Å²) in [6.45, 7) is 8.23. The summed E-state index contributed by atoms with van der Waals surface area (Å²) in [6.07, 6.45) is 1.00. The van der Waals surface area contributed by atoms with Gasteiger partial charge in [0.15, 0.2) is 0 Å². The van der Waals surface area contributed by atoms with Crippen molar-refractivity contribution >= 4 is 0 Å². The lowest BCUT2D eigenvalue weighted by molar-refractivity contribution is 0.410. The number of ether oxygens (including phenoxy) is 1. The zero-order valence-electron chi connectivity index (χ0n) is 8.63. The molecule has 0 aromatic heterocycles. The van der Waals surface area contributed by atoms with E-state index in [1.165, 1.54) is 11.1 Å². The summed E-state index contributed by atoms with van der Waals surface area (Å²) in [7, 11) is 1.71. The Labute approximate surface area is 80.7 Å². The molecule has 71 valence electrons. The molecule has 0 bridgehead atoms. The molecule has 13 heavy (non-hydrogen) atoms. The molecule has 1 aromatic rings. The van der Waals surface area contributed by atoms with Crippen molar-refractivity contribution in [3.8, 4) is 5.75 Å². The molecule has 1 aromatic carbocycles. The summed E-state index contributed by atoms with van der Waals surface area (Å²) < 4.78 is 5.25. The van der Waals surface area contributed by atoms with Gasteiger partial charge in [-0.05, 0) is 36.5 Å². The van der Waals surface area contributed by atoms with E-state index < -0.39 is 0 Å². The van der Waals surface area contributed by atoms with Crippen molar-refractivity contribution < 1.29 is 4.74 Å². The van der Waals surface area contributed by atoms with E-state index in [9.17, 15) is 0 Å². The molecule has 0 saturated heterocycles. The van der Waals surface area contributed by atoms with Crippen LogP contribution in [0.25, 0.3) is 0 Å². The summed E-state index contributed by atoms with van der Waals surface area (Å²) in [5.41, 5.74) is 2.54. The second-order valence-corrected chi connectivity index (χ2v) is 3.33. The maximum atomic E-state index is 5.25. The highest BCUT2D eigenvalue weighted by Gasteiger charge is 2.04. The lowest BCUT2D eigenvalue weighted by Crippen LogP contribution is -1.94. The molecule has 0 aliphatic heterocycles. The molecule has 0 fully saturated rings. The van der Waals surface area contributed by atoms with Gasteiger partial charge in [0.1, 0.15) is 5.75 Å². The lowest BCUT2D eigenvalue weighted by atomic mass is 9.99. The zero-order valence-corrected chi connectivity index (χ0v) is 8.63. The third kappa shape index (κ3) is 2.24. The normalized spacial score (nSPS) is 10.5. The van der Waals surface area contributed by atoms with Gasteiger partial charge in [-0.2, -0.15) is 0 Å². The van der Waals surface area contributed by atoms with Crippen molar-refractivity contribution in [1.82, 2.24) is 0 Å². The predicted molar refractivity (Wildman–Crippen MR) is 56.1 cm³/mol. The minimum absolute atomic E-state index is 0.344. The SMILES string of the molecule is [CH2]C(C)c1ccc(OC)c(CC)c1. The van der Waals surface area contributed by atoms with Crippen LogP contribution in [0.1, 0.15) is 30.9 Å². The van der Waals surface area contributed by atoms with Crippen LogP contribution in [0.15, 0.2) is 18.2 Å². The Hall–Kier alpha value is -0.980. The van der Waals surface area contributed by atoms with Gasteiger partial charge in [-0.15, -0.1) is 0 Å². The van der Waals surface area contributed by atoms with E-state index in [0.717, 1.165) is 12.2 Å². The average molecular weight is 177 g/mol. The number of aryl methyl sites for hydroxylation is 1. The van der Waals surface area contributed by atoms with Crippen molar-refractivity contribution in [1.29, 1.82) is 0 Å². The fourth-order valence-corrected chi connectivity index (χ4v) is 1.38. The molecule has 1 rings (SSSR count). The molecule has 0 aliphatic rings. The first kappa shape index (κ1) is 10.1. The third-order valence-electron chi connectivity index (χ3n) is 2.25. The molecule has 1 nitrogen and oxygen atoms in total. The highest BCUT2D eigenvalue weighted by atomic mass is 16.5. The zero-order chi connectivity index (χ0) is 9.84. The molecular formula is C12H17O. The van der Waals surface area contributed by atoms with E-state index in [1.54, 1.807) is 7.11 Å². The predicted octanol–water partition coefficient (Wildman–Crippen LogP) is 3.20. The Kier molecular flexibility index (Phi) is 3.35. The van der Waals surface area contributed by atoms with Crippen LogP contribution in [-0.4, -0.2) is 7.11 Å². The van der Waals surface area contributed by atoms with Gasteiger partial charge >= 0.3 is 0 Å². The summed E-state index contributed by atoms with van der Waals surface area (Å²) in [6, 6.07) is 6.28. The molecule has 0 amide bonds. The lowest BCUT2D eigenvalue weighted by Gasteiger charge is -2.11. The highest BCUT2D eigenvalue weighted by Crippen LogP contribution is 2.24. The van der Waals surface area contributed by atoms with E-state index in [2.05, 4.69) is 32.9 Å². The molecule has 1 unspecified atom stereocenters. The number of hydrogen-bond acceptors (Lipinski definition) is 1. The van der Waals surface area contributed by atoms with E-state index in [4.69, 9.17) is 4.74 Å². The van der Waals surface area contributed by atoms with E-state index in [1.807, 2.05) is 6.07 Å². The quantitative estimate of drug-likeness (QED) is 0.689. The smallest absolute Gasteiger partial charge is 0.122 e. The third-order valence-corrected chi connectivity index (χ3v) is 2.25. The summed E-state index contributed by atoms with van der Waals surface area (Å²) in [5.74, 6) is 1.32. The molecule has 0 aliphatic carbocycles. The standard InChI is InChI=1S/C12H17O/c1-5-10-8-11(9(2)3)6-7-12(10)13-4/h6-9H,2,5H2,1,3-4H3. The van der Waals surface area contributed by atoms with E-state index in [0.29, 0.717) is 5.92 Å². The molecule has 1 radical (unpaired) electrons. The van der Waals surface area contributed by atoms with E-state index in [-0.39, 0.29) is 0 Å². The first-order valence-electron chi connectivity index (χ1n) is 4.69. The summed E-state index contributed by atoms with van der Waals surface area (Å²) in [5, 5.41) is 0. The first-order valence-corrected chi connectivity index (χ1v) is 4.69. The van der Waals surface area contributed by atoms with Crippen molar-refractivity contribution in [2.24, 2.45) is 0 Å². The van der Waals surface area contributed by atoms with Gasteiger partial charge in [0, 0.05) is 0 Å². The molecule has 1 heteroatoms. The number of rotatable bonds is 3. The summed E-state index contributed by atoms with van der Waals surface area (Å²) in [4.78, 5) is 0. The minimum Gasteiger partial charge on any atom is -0.496 e. The maximum absolute atomic E-state index is 5.25. The number of methoxy groups -OCH3 is 1. The maximum Gasteiger partial charge on any atom is 0.122 e. The Bertz CT molecular complexity index is 276. The van der Waals surface area contributed by atoms with Gasteiger partial charge in [0.05, 0.1) is 7.11 Å². The molecule has 0 saturated carbocycles. The van der Waals surface area contributed by atoms with Crippen LogP contribution in [0, 0.1) is 6.92 Å². The van der Waals surface area contributed by atoms with Crippen molar-refractivity contribution in [3.05, 3.63) is 36.2 Å². The van der Waals surface area contributed by atoms with Crippen LogP contribution in [0.5, 0.6) is 5.75 Å². The minimum atomic E-state index is 0.344. The Morgan fingerprint density at radius 3 is 2.62 bits per heavy atom. The van der Waals surface area contributed by atoms with Crippen LogP contribution in [0.4, 0.5) is 0 Å². The van der Waals surface area contributed by atoms with Crippen LogP contribution >= 0.6 is 0 Å². The van der Waals surface area contributed by atoms with Gasteiger partial charge in [-0.3, -0.25) is 0 Å². The van der Waals surface area contributed by atoms with Crippen LogP contribution in [-0.2, 0) is 6.42 Å². The molecular weight excluding hydrogens is 160 g/mol. The van der Waals surface area contributed by atoms with Gasteiger partial charge in [-0.25, -0.2) is 0 Å². The van der Waals surface area contributed by atoms with Crippen LogP contribution in [0.3, 0.4) is 0 Å². The van der Waals surface area contributed by atoms with Crippen LogP contribution < -0.4 is 4.74 Å². The highest BCUT2D eigenvalue weighted by molar-refractivity contribution is 5.38. The second-order valence-electron chi connectivity index (χ2n) is 3.33. The van der Waals surface area contributed by atoms with Crippen LogP contribution in [0.2, 0.25) is 0 Å². The van der Waals surface area contributed by atoms with Gasteiger partial charge < -0.3 is 4.74 Å². The largest absolute Gasteiger partial charge is 0.496 e. The second kappa shape index (κ2) is 4.31. The fourth-order valence-electron chi connectivity index (χ4n) is 1.38. The van der Waals surface area contributed by atoms with Gasteiger partial charge in [-0.1, -0.05) is 26.0 Å².